The van der Waals surface area contributed by atoms with E-state index in [-0.39, 0.29) is 6.04 Å². The van der Waals surface area contributed by atoms with E-state index in [1.165, 1.54) is 12.1 Å². The van der Waals surface area contributed by atoms with E-state index in [4.69, 9.17) is 9.26 Å². The molecule has 158 valence electrons. The lowest BCUT2D eigenvalue weighted by Crippen LogP contribution is -2.33. The molecule has 0 aliphatic carbocycles. The molecule has 1 saturated heterocycles. The zero-order valence-electron chi connectivity index (χ0n) is 16.8. The van der Waals surface area contributed by atoms with Gasteiger partial charge in [0, 0.05) is 13.0 Å². The predicted molar refractivity (Wildman–Crippen MR) is 107 cm³/mol. The molecular formula is C23H25F2N3O2. The van der Waals surface area contributed by atoms with Gasteiger partial charge in [-0.3, -0.25) is 4.90 Å². The molecule has 0 saturated carbocycles. The molecule has 1 atom stereocenters. The monoisotopic (exact) mass is 413 g/mol. The maximum absolute atomic E-state index is 13.6. The second-order valence-electron chi connectivity index (χ2n) is 7.57. The fourth-order valence-electron chi connectivity index (χ4n) is 3.76. The van der Waals surface area contributed by atoms with Gasteiger partial charge >= 0.3 is 0 Å². The molecular weight excluding hydrogens is 388 g/mol. The third kappa shape index (κ3) is 5.29. The molecule has 0 radical (unpaired) electrons. The van der Waals surface area contributed by atoms with E-state index in [1.54, 1.807) is 6.07 Å². The van der Waals surface area contributed by atoms with E-state index in [0.29, 0.717) is 37.9 Å². The summed E-state index contributed by atoms with van der Waals surface area (Å²) in [7, 11) is 0. The minimum absolute atomic E-state index is 0.0154. The maximum Gasteiger partial charge on any atom is 0.244 e. The van der Waals surface area contributed by atoms with Crippen LogP contribution in [0.15, 0.2) is 53.1 Å². The SMILES string of the molecule is Fc1ccc(CN2CCCCC2c2nc(CCOCc3ccccc3)no2)cc1F. The molecule has 30 heavy (non-hydrogen) atoms. The average Bonchev–Trinajstić information content (AvgIpc) is 3.24. The predicted octanol–water partition coefficient (Wildman–Crippen LogP) is 4.83. The van der Waals surface area contributed by atoms with Gasteiger partial charge in [0.2, 0.25) is 5.89 Å². The third-order valence-electron chi connectivity index (χ3n) is 5.33. The number of halogens is 2. The Balaban J connectivity index is 1.33. The van der Waals surface area contributed by atoms with E-state index in [9.17, 15) is 8.78 Å². The van der Waals surface area contributed by atoms with Crippen LogP contribution in [0.4, 0.5) is 8.78 Å². The zero-order valence-corrected chi connectivity index (χ0v) is 16.8. The van der Waals surface area contributed by atoms with E-state index in [0.717, 1.165) is 36.9 Å². The number of ether oxygens (including phenoxy) is 1. The number of benzene rings is 2. The van der Waals surface area contributed by atoms with Crippen LogP contribution in [0.25, 0.3) is 0 Å². The topological polar surface area (TPSA) is 51.4 Å². The van der Waals surface area contributed by atoms with Crippen LogP contribution >= 0.6 is 0 Å². The first-order valence-electron chi connectivity index (χ1n) is 10.3. The van der Waals surface area contributed by atoms with Gasteiger partial charge in [0.1, 0.15) is 0 Å². The second kappa shape index (κ2) is 9.91. The van der Waals surface area contributed by atoms with Gasteiger partial charge in [0.25, 0.3) is 0 Å². The summed E-state index contributed by atoms with van der Waals surface area (Å²) in [5, 5.41) is 4.10. The van der Waals surface area contributed by atoms with Crippen molar-refractivity contribution in [1.29, 1.82) is 0 Å². The van der Waals surface area contributed by atoms with E-state index >= 15 is 0 Å². The van der Waals surface area contributed by atoms with Gasteiger partial charge in [-0.15, -0.1) is 0 Å². The Morgan fingerprint density at radius 3 is 2.73 bits per heavy atom. The molecule has 7 heteroatoms. The highest BCUT2D eigenvalue weighted by molar-refractivity contribution is 5.18. The fourth-order valence-corrected chi connectivity index (χ4v) is 3.76. The summed E-state index contributed by atoms with van der Waals surface area (Å²) in [6.45, 7) is 2.43. The Bertz CT molecular complexity index is 949. The molecule has 1 unspecified atom stereocenters. The van der Waals surface area contributed by atoms with Crippen molar-refractivity contribution < 1.29 is 18.0 Å². The molecule has 2 aromatic carbocycles. The van der Waals surface area contributed by atoms with E-state index in [1.807, 2.05) is 30.3 Å². The normalized spacial score (nSPS) is 17.3. The van der Waals surface area contributed by atoms with Crippen LogP contribution in [0, 0.1) is 11.6 Å². The summed E-state index contributed by atoms with van der Waals surface area (Å²) < 4.78 is 38.0. The lowest BCUT2D eigenvalue weighted by Gasteiger charge is -2.33. The first kappa shape index (κ1) is 20.6. The summed E-state index contributed by atoms with van der Waals surface area (Å²) in [5.74, 6) is -0.451. The van der Waals surface area contributed by atoms with Gasteiger partial charge in [-0.05, 0) is 42.6 Å². The van der Waals surface area contributed by atoms with Crippen molar-refractivity contribution in [2.24, 2.45) is 0 Å². The molecule has 0 spiro atoms. The van der Waals surface area contributed by atoms with E-state index in [2.05, 4.69) is 15.0 Å². The van der Waals surface area contributed by atoms with Crippen LogP contribution in [0.3, 0.4) is 0 Å². The van der Waals surface area contributed by atoms with Crippen molar-refractivity contribution in [3.63, 3.8) is 0 Å². The van der Waals surface area contributed by atoms with Crippen molar-refractivity contribution in [2.75, 3.05) is 13.2 Å². The summed E-state index contributed by atoms with van der Waals surface area (Å²) in [6.07, 6.45) is 3.59. The Morgan fingerprint density at radius 2 is 1.90 bits per heavy atom. The number of hydrogen-bond donors (Lipinski definition) is 0. The van der Waals surface area contributed by atoms with Crippen molar-refractivity contribution in [3.8, 4) is 0 Å². The molecule has 1 aliphatic rings. The standard InChI is InChI=1S/C23H25F2N3O2/c24-19-10-9-18(14-20(19)25)15-28-12-5-4-8-21(28)23-26-22(27-30-23)11-13-29-16-17-6-2-1-3-7-17/h1-3,6-7,9-10,14,21H,4-5,8,11-13,15-16H2. The van der Waals surface area contributed by atoms with Gasteiger partial charge in [-0.25, -0.2) is 8.78 Å². The molecule has 0 N–H and O–H groups in total. The van der Waals surface area contributed by atoms with Gasteiger partial charge in [-0.1, -0.05) is 48.0 Å². The molecule has 0 amide bonds. The summed E-state index contributed by atoms with van der Waals surface area (Å²) >= 11 is 0. The Hall–Kier alpha value is -2.64. The summed E-state index contributed by atoms with van der Waals surface area (Å²) in [5.41, 5.74) is 1.86. The smallest absolute Gasteiger partial charge is 0.244 e. The molecule has 2 heterocycles. The minimum Gasteiger partial charge on any atom is -0.376 e. The van der Waals surface area contributed by atoms with Gasteiger partial charge < -0.3 is 9.26 Å². The number of likely N-dealkylation sites (tertiary alicyclic amines) is 1. The largest absolute Gasteiger partial charge is 0.376 e. The van der Waals surface area contributed by atoms with Crippen LogP contribution in [0.2, 0.25) is 0 Å². The maximum atomic E-state index is 13.6. The van der Waals surface area contributed by atoms with Crippen molar-refractivity contribution >= 4 is 0 Å². The number of piperidine rings is 1. The molecule has 0 bridgehead atoms. The van der Waals surface area contributed by atoms with E-state index < -0.39 is 11.6 Å². The van der Waals surface area contributed by atoms with Crippen molar-refractivity contribution in [1.82, 2.24) is 15.0 Å². The molecule has 5 nitrogen and oxygen atoms in total. The number of aromatic nitrogens is 2. The number of nitrogens with zero attached hydrogens (tertiary/aromatic N) is 3. The lowest BCUT2D eigenvalue weighted by molar-refractivity contribution is 0.111. The quantitative estimate of drug-likeness (QED) is 0.495. The second-order valence-corrected chi connectivity index (χ2v) is 7.57. The highest BCUT2D eigenvalue weighted by Crippen LogP contribution is 2.31. The zero-order chi connectivity index (χ0) is 20.8. The third-order valence-corrected chi connectivity index (χ3v) is 5.33. The first-order valence-corrected chi connectivity index (χ1v) is 10.3. The van der Waals surface area contributed by atoms with Crippen LogP contribution in [0.5, 0.6) is 0 Å². The Labute approximate surface area is 174 Å². The van der Waals surface area contributed by atoms with Crippen LogP contribution in [-0.2, 0) is 24.3 Å². The van der Waals surface area contributed by atoms with Gasteiger partial charge in [-0.2, -0.15) is 4.98 Å². The van der Waals surface area contributed by atoms with Crippen LogP contribution in [0.1, 0.15) is 48.1 Å². The number of hydrogen-bond acceptors (Lipinski definition) is 5. The molecule has 1 aliphatic heterocycles. The Morgan fingerprint density at radius 1 is 1.03 bits per heavy atom. The van der Waals surface area contributed by atoms with Crippen LogP contribution in [-0.4, -0.2) is 28.2 Å². The lowest BCUT2D eigenvalue weighted by atomic mass is 10.0. The molecule has 1 aromatic heterocycles. The molecule has 4 rings (SSSR count). The Kier molecular flexibility index (Phi) is 6.81. The van der Waals surface area contributed by atoms with Gasteiger partial charge in [0.15, 0.2) is 17.5 Å². The minimum atomic E-state index is -0.829. The van der Waals surface area contributed by atoms with Gasteiger partial charge in [0.05, 0.1) is 19.3 Å². The highest BCUT2D eigenvalue weighted by atomic mass is 19.2. The summed E-state index contributed by atoms with van der Waals surface area (Å²) in [4.78, 5) is 6.76. The van der Waals surface area contributed by atoms with Crippen molar-refractivity contribution in [3.05, 3.63) is 83.0 Å². The van der Waals surface area contributed by atoms with Crippen LogP contribution < -0.4 is 0 Å². The molecule has 1 fully saturated rings. The highest BCUT2D eigenvalue weighted by Gasteiger charge is 2.29. The van der Waals surface area contributed by atoms with Crippen molar-refractivity contribution in [2.45, 2.75) is 44.9 Å². The first-order chi connectivity index (χ1) is 14.7. The fraction of sp³-hybridized carbons (Fsp3) is 0.391. The summed E-state index contributed by atoms with van der Waals surface area (Å²) in [6, 6.07) is 14.0. The average molecular weight is 413 g/mol. The number of rotatable bonds is 8. The molecule has 3 aromatic rings.